The van der Waals surface area contributed by atoms with Crippen molar-refractivity contribution in [1.29, 1.82) is 5.26 Å². The summed E-state index contributed by atoms with van der Waals surface area (Å²) >= 11 is 0. The fraction of sp³-hybridized carbons (Fsp3) is 0.875. The zero-order valence-corrected chi connectivity index (χ0v) is 6.64. The molecule has 1 aliphatic carbocycles. The van der Waals surface area contributed by atoms with Gasteiger partial charge in [0, 0.05) is 5.97 Å². The summed E-state index contributed by atoms with van der Waals surface area (Å²) in [6.45, 7) is 2.34. The van der Waals surface area contributed by atoms with Crippen molar-refractivity contribution < 1.29 is 0 Å². The van der Waals surface area contributed by atoms with Crippen molar-refractivity contribution in [3.05, 3.63) is 0 Å². The molecule has 0 spiro atoms. The molecule has 0 aliphatic heterocycles. The molecular weight excluding hydrogens is 121 g/mol. The maximum absolute atomic E-state index is 8.64. The molecule has 1 aliphatic rings. The van der Waals surface area contributed by atoms with Crippen molar-refractivity contribution in [2.45, 2.75) is 44.7 Å². The first-order valence-corrected chi connectivity index (χ1v) is 4.24. The van der Waals surface area contributed by atoms with Gasteiger partial charge in [-0.2, -0.15) is 0 Å². The fourth-order valence-electron chi connectivity index (χ4n) is 1.74. The Balaban J connectivity index is 2.33. The molecule has 0 aromatic carbocycles. The van der Waals surface area contributed by atoms with Crippen LogP contribution in [-0.4, -0.2) is 6.71 Å². The predicted molar refractivity (Wildman–Crippen MR) is 44.1 cm³/mol. The third-order valence-corrected chi connectivity index (χ3v) is 2.56. The minimum Gasteiger partial charge on any atom is -0.213 e. The second-order valence-corrected chi connectivity index (χ2v) is 3.32. The summed E-state index contributed by atoms with van der Waals surface area (Å²) in [5.41, 5.74) is 0. The summed E-state index contributed by atoms with van der Waals surface area (Å²) in [7, 11) is 0. The number of hydrogen-bond acceptors (Lipinski definition) is 1. The van der Waals surface area contributed by atoms with Gasteiger partial charge < -0.3 is 0 Å². The van der Waals surface area contributed by atoms with Crippen molar-refractivity contribution in [3.63, 3.8) is 0 Å². The first kappa shape index (κ1) is 7.66. The molecule has 0 amide bonds. The van der Waals surface area contributed by atoms with E-state index in [-0.39, 0.29) is 0 Å². The number of hydrogen-bond donors (Lipinski definition) is 0. The quantitative estimate of drug-likeness (QED) is 0.506. The molecule has 0 N–H and O–H groups in total. The molecule has 0 atom stereocenters. The van der Waals surface area contributed by atoms with Gasteiger partial charge in [-0.15, -0.1) is 0 Å². The first-order chi connectivity index (χ1) is 4.84. The van der Waals surface area contributed by atoms with Crippen LogP contribution in [0.15, 0.2) is 0 Å². The van der Waals surface area contributed by atoms with Crippen molar-refractivity contribution >= 4 is 6.71 Å². The lowest BCUT2D eigenvalue weighted by atomic mass is 9.41. The minimum atomic E-state index is 0.292. The van der Waals surface area contributed by atoms with E-state index in [1.54, 1.807) is 0 Å². The van der Waals surface area contributed by atoms with Crippen LogP contribution < -0.4 is 0 Å². The topological polar surface area (TPSA) is 23.8 Å². The van der Waals surface area contributed by atoms with E-state index in [1.165, 1.54) is 32.1 Å². The summed E-state index contributed by atoms with van der Waals surface area (Å²) in [6, 6.07) is 0. The molecule has 0 unspecified atom stereocenters. The van der Waals surface area contributed by atoms with Crippen LogP contribution >= 0.6 is 0 Å². The zero-order valence-electron chi connectivity index (χ0n) is 6.64. The largest absolute Gasteiger partial charge is 0.267 e. The molecule has 0 heterocycles. The van der Waals surface area contributed by atoms with Gasteiger partial charge in [-0.1, -0.05) is 38.9 Å². The SMILES string of the molecule is CB(C#N)C1CCCCC1. The maximum atomic E-state index is 8.64. The Morgan fingerprint density at radius 3 is 2.40 bits per heavy atom. The van der Waals surface area contributed by atoms with Gasteiger partial charge in [-0.05, 0) is 5.82 Å². The average molecular weight is 135 g/mol. The highest BCUT2D eigenvalue weighted by molar-refractivity contribution is 6.67. The van der Waals surface area contributed by atoms with E-state index in [0.29, 0.717) is 12.5 Å². The molecule has 2 heteroatoms. The molecule has 54 valence electrons. The van der Waals surface area contributed by atoms with E-state index in [2.05, 4.69) is 12.8 Å². The van der Waals surface area contributed by atoms with E-state index in [0.717, 1.165) is 0 Å². The molecule has 0 aromatic heterocycles. The van der Waals surface area contributed by atoms with Crippen LogP contribution in [0.4, 0.5) is 0 Å². The highest BCUT2D eigenvalue weighted by Gasteiger charge is 2.22. The monoisotopic (exact) mass is 135 g/mol. The first-order valence-electron chi connectivity index (χ1n) is 4.24. The summed E-state index contributed by atoms with van der Waals surface area (Å²) in [5, 5.41) is 8.64. The Bertz CT molecular complexity index is 133. The van der Waals surface area contributed by atoms with E-state index in [4.69, 9.17) is 5.26 Å². The number of rotatable bonds is 1. The Morgan fingerprint density at radius 2 is 1.90 bits per heavy atom. The summed E-state index contributed by atoms with van der Waals surface area (Å²) < 4.78 is 0. The summed E-state index contributed by atoms with van der Waals surface area (Å²) in [6.07, 6.45) is 6.64. The van der Waals surface area contributed by atoms with Crippen molar-refractivity contribution in [2.24, 2.45) is 0 Å². The average Bonchev–Trinajstić information content (AvgIpc) is 2.05. The van der Waals surface area contributed by atoms with Crippen molar-refractivity contribution in [1.82, 2.24) is 0 Å². The Labute approximate surface area is 63.5 Å². The summed E-state index contributed by atoms with van der Waals surface area (Å²) in [5.74, 6) is 3.04. The molecule has 1 fully saturated rings. The molecule has 0 bridgehead atoms. The lowest BCUT2D eigenvalue weighted by Gasteiger charge is -2.21. The van der Waals surface area contributed by atoms with Gasteiger partial charge in [0.05, 0.1) is 0 Å². The van der Waals surface area contributed by atoms with E-state index in [1.807, 2.05) is 0 Å². The molecular formula is C8H14BN. The van der Waals surface area contributed by atoms with Gasteiger partial charge >= 0.3 is 0 Å². The van der Waals surface area contributed by atoms with Crippen LogP contribution in [0, 0.1) is 11.2 Å². The summed E-state index contributed by atoms with van der Waals surface area (Å²) in [4.78, 5) is 0. The number of nitriles is 1. The van der Waals surface area contributed by atoms with Crippen LogP contribution in [0.25, 0.3) is 0 Å². The highest BCUT2D eigenvalue weighted by atomic mass is 14.2. The van der Waals surface area contributed by atoms with E-state index in [9.17, 15) is 0 Å². The number of nitrogens with zero attached hydrogens (tertiary/aromatic N) is 1. The molecule has 1 rings (SSSR count). The Morgan fingerprint density at radius 1 is 1.30 bits per heavy atom. The van der Waals surface area contributed by atoms with Gasteiger partial charge in [-0.3, -0.25) is 0 Å². The second-order valence-electron chi connectivity index (χ2n) is 3.32. The molecule has 0 saturated heterocycles. The van der Waals surface area contributed by atoms with E-state index < -0.39 is 0 Å². The standard InChI is InChI=1S/C8H14BN/c1-9(7-10)8-5-3-2-4-6-8/h8H,2-6H2,1H3. The van der Waals surface area contributed by atoms with Crippen molar-refractivity contribution in [2.75, 3.05) is 0 Å². The Hall–Kier alpha value is -0.445. The van der Waals surface area contributed by atoms with Crippen LogP contribution in [-0.2, 0) is 0 Å². The highest BCUT2D eigenvalue weighted by Crippen LogP contribution is 2.30. The molecule has 10 heavy (non-hydrogen) atoms. The smallest absolute Gasteiger partial charge is 0.213 e. The lowest BCUT2D eigenvalue weighted by Crippen LogP contribution is -2.17. The third-order valence-electron chi connectivity index (χ3n) is 2.56. The van der Waals surface area contributed by atoms with Gasteiger partial charge in [-0.25, -0.2) is 5.26 Å². The Kier molecular flexibility index (Phi) is 2.80. The van der Waals surface area contributed by atoms with Crippen LogP contribution in [0.5, 0.6) is 0 Å². The van der Waals surface area contributed by atoms with Gasteiger partial charge in [0.2, 0.25) is 0 Å². The predicted octanol–water partition coefficient (Wildman–Crippen LogP) is 2.51. The van der Waals surface area contributed by atoms with E-state index >= 15 is 0 Å². The van der Waals surface area contributed by atoms with Crippen molar-refractivity contribution in [3.8, 4) is 5.97 Å². The third kappa shape index (κ3) is 1.77. The second kappa shape index (κ2) is 3.66. The van der Waals surface area contributed by atoms with Crippen LogP contribution in [0.2, 0.25) is 12.6 Å². The molecule has 1 saturated carbocycles. The van der Waals surface area contributed by atoms with Gasteiger partial charge in [0.1, 0.15) is 0 Å². The molecule has 0 radical (unpaired) electrons. The normalized spacial score (nSPS) is 20.0. The molecule has 0 aromatic rings. The fourth-order valence-corrected chi connectivity index (χ4v) is 1.74. The lowest BCUT2D eigenvalue weighted by molar-refractivity contribution is 0.498. The maximum Gasteiger partial charge on any atom is 0.267 e. The van der Waals surface area contributed by atoms with Crippen LogP contribution in [0.3, 0.4) is 0 Å². The van der Waals surface area contributed by atoms with Crippen LogP contribution in [0.1, 0.15) is 32.1 Å². The zero-order chi connectivity index (χ0) is 7.40. The van der Waals surface area contributed by atoms with Gasteiger partial charge in [0.15, 0.2) is 0 Å². The minimum absolute atomic E-state index is 0.292. The van der Waals surface area contributed by atoms with Gasteiger partial charge in [0.25, 0.3) is 6.71 Å². The molecule has 1 nitrogen and oxygen atoms in total.